The Morgan fingerprint density at radius 3 is 1.62 bits per heavy atom. The van der Waals surface area contributed by atoms with Gasteiger partial charge < -0.3 is 37.2 Å². The minimum Gasteiger partial charge on any atom is -0.480 e. The Balaban J connectivity index is 5.07. The molecule has 0 rings (SSSR count). The fourth-order valence-corrected chi connectivity index (χ4v) is 2.79. The van der Waals surface area contributed by atoms with E-state index in [4.69, 9.17) is 5.73 Å². The van der Waals surface area contributed by atoms with E-state index in [-0.39, 0.29) is 31.2 Å². The molecule has 8 N–H and O–H groups in total. The number of amides is 4. The van der Waals surface area contributed by atoms with Crippen LogP contribution in [0.3, 0.4) is 0 Å². The Bertz CT molecular complexity index is 669. The highest BCUT2D eigenvalue weighted by molar-refractivity contribution is 5.95. The van der Waals surface area contributed by atoms with Gasteiger partial charge in [0.25, 0.3) is 0 Å². The van der Waals surface area contributed by atoms with Gasteiger partial charge in [0.2, 0.25) is 23.6 Å². The zero-order chi connectivity index (χ0) is 25.0. The van der Waals surface area contributed by atoms with Crippen molar-refractivity contribution in [3.8, 4) is 0 Å². The average Bonchev–Trinajstić information content (AvgIpc) is 2.69. The number of carboxylic acid groups (broad SMARTS) is 1. The molecule has 0 spiro atoms. The molecule has 0 aliphatic carbocycles. The molecule has 0 aromatic rings. The second-order valence-electron chi connectivity index (χ2n) is 8.46. The van der Waals surface area contributed by atoms with E-state index in [1.54, 1.807) is 0 Å². The van der Waals surface area contributed by atoms with Gasteiger partial charge in [-0.3, -0.25) is 19.2 Å². The number of hydrogen-bond acceptors (Lipinski definition) is 7. The van der Waals surface area contributed by atoms with Gasteiger partial charge in [-0.05, 0) is 31.6 Å². The van der Waals surface area contributed by atoms with Crippen molar-refractivity contribution in [1.29, 1.82) is 0 Å². The Labute approximate surface area is 188 Å². The summed E-state index contributed by atoms with van der Waals surface area (Å²) >= 11 is 0. The molecular weight excluding hydrogens is 422 g/mol. The molecule has 4 unspecified atom stereocenters. The van der Waals surface area contributed by atoms with Crippen LogP contribution < -0.4 is 27.0 Å². The van der Waals surface area contributed by atoms with Crippen molar-refractivity contribution >= 4 is 29.6 Å². The lowest BCUT2D eigenvalue weighted by Gasteiger charge is -2.24. The molecule has 0 aliphatic rings. The predicted octanol–water partition coefficient (Wildman–Crippen LogP) is -1.93. The quantitative estimate of drug-likeness (QED) is 0.156. The maximum Gasteiger partial charge on any atom is 0.326 e. The monoisotopic (exact) mass is 459 g/mol. The first kappa shape index (κ1) is 29.3. The third-order valence-corrected chi connectivity index (χ3v) is 4.43. The van der Waals surface area contributed by atoms with Gasteiger partial charge in [-0.2, -0.15) is 0 Å². The molecule has 0 heterocycles. The minimum atomic E-state index is -1.38. The van der Waals surface area contributed by atoms with Crippen molar-refractivity contribution in [3.05, 3.63) is 0 Å². The summed E-state index contributed by atoms with van der Waals surface area (Å²) in [5.41, 5.74) is 5.27. The second-order valence-corrected chi connectivity index (χ2v) is 8.46. The minimum absolute atomic E-state index is 0.0221. The van der Waals surface area contributed by atoms with Crippen molar-refractivity contribution in [2.24, 2.45) is 17.6 Å². The van der Waals surface area contributed by atoms with Crippen LogP contribution in [0.25, 0.3) is 0 Å². The largest absolute Gasteiger partial charge is 0.480 e. The summed E-state index contributed by atoms with van der Waals surface area (Å²) in [7, 11) is 0. The van der Waals surface area contributed by atoms with Gasteiger partial charge in [0.15, 0.2) is 0 Å². The number of rotatable bonds is 14. The van der Waals surface area contributed by atoms with E-state index in [0.29, 0.717) is 0 Å². The molecule has 32 heavy (non-hydrogen) atoms. The van der Waals surface area contributed by atoms with Crippen LogP contribution in [0.15, 0.2) is 0 Å². The lowest BCUT2D eigenvalue weighted by molar-refractivity contribution is -0.142. The van der Waals surface area contributed by atoms with E-state index in [1.165, 1.54) is 6.92 Å². The number of nitrogens with one attached hydrogen (secondary N) is 4. The fourth-order valence-electron chi connectivity index (χ4n) is 2.79. The van der Waals surface area contributed by atoms with Crippen LogP contribution in [-0.4, -0.2) is 77.1 Å². The number of carbonyl (C=O) groups excluding carboxylic acids is 4. The smallest absolute Gasteiger partial charge is 0.326 e. The summed E-state index contributed by atoms with van der Waals surface area (Å²) < 4.78 is 0. The lowest BCUT2D eigenvalue weighted by Crippen LogP contribution is -2.58. The number of hydrogen-bond donors (Lipinski definition) is 7. The summed E-state index contributed by atoms with van der Waals surface area (Å²) in [6, 6.07) is -4.57. The summed E-state index contributed by atoms with van der Waals surface area (Å²) in [4.78, 5) is 60.2. The molecule has 184 valence electrons. The highest BCUT2D eigenvalue weighted by atomic mass is 16.4. The topological polar surface area (TPSA) is 200 Å². The van der Waals surface area contributed by atoms with Gasteiger partial charge >= 0.3 is 5.97 Å². The van der Waals surface area contributed by atoms with Crippen LogP contribution in [0.4, 0.5) is 0 Å². The summed E-state index contributed by atoms with van der Waals surface area (Å²) in [6.45, 7) is 7.59. The first-order chi connectivity index (χ1) is 14.8. The van der Waals surface area contributed by atoms with Crippen LogP contribution in [0.2, 0.25) is 0 Å². The van der Waals surface area contributed by atoms with E-state index in [2.05, 4.69) is 21.3 Å². The third kappa shape index (κ3) is 11.0. The van der Waals surface area contributed by atoms with Gasteiger partial charge in [0, 0.05) is 0 Å². The normalized spacial score (nSPS) is 14.8. The molecule has 0 fully saturated rings. The van der Waals surface area contributed by atoms with E-state index in [9.17, 15) is 34.2 Å². The standard InChI is InChI=1S/C20H37N5O7/c1-10(2)6-13(23-16(27)8-21)18(29)25-15(9-26)19(30)22-12(5)17(28)24-14(20(31)32)7-11(3)4/h10-15,26H,6-9,21H2,1-5H3,(H,22,30)(H,23,27)(H,24,28)(H,25,29)(H,31,32). The maximum atomic E-state index is 12.5. The van der Waals surface area contributed by atoms with E-state index >= 15 is 0 Å². The van der Waals surface area contributed by atoms with Gasteiger partial charge in [0.05, 0.1) is 13.2 Å². The molecule has 0 saturated carbocycles. The number of nitrogens with two attached hydrogens (primary N) is 1. The highest BCUT2D eigenvalue weighted by Gasteiger charge is 2.29. The molecular formula is C20H37N5O7. The maximum absolute atomic E-state index is 12.5. The number of carbonyl (C=O) groups is 5. The molecule has 4 atom stereocenters. The van der Waals surface area contributed by atoms with Gasteiger partial charge in [-0.1, -0.05) is 27.7 Å². The molecule has 0 aliphatic heterocycles. The zero-order valence-corrected chi connectivity index (χ0v) is 19.3. The summed E-state index contributed by atoms with van der Waals surface area (Å²) in [5, 5.41) is 28.3. The molecule has 12 nitrogen and oxygen atoms in total. The molecule has 0 aromatic carbocycles. The van der Waals surface area contributed by atoms with E-state index in [0.717, 1.165) is 0 Å². The molecule has 0 radical (unpaired) electrons. The molecule has 4 amide bonds. The zero-order valence-electron chi connectivity index (χ0n) is 19.3. The number of aliphatic hydroxyl groups excluding tert-OH is 1. The molecule has 0 saturated heterocycles. The van der Waals surface area contributed by atoms with E-state index in [1.807, 2.05) is 27.7 Å². The van der Waals surface area contributed by atoms with Crippen molar-refractivity contribution in [2.45, 2.75) is 71.6 Å². The Morgan fingerprint density at radius 1 is 0.719 bits per heavy atom. The molecule has 0 aromatic heterocycles. The van der Waals surface area contributed by atoms with Crippen molar-refractivity contribution in [1.82, 2.24) is 21.3 Å². The molecule has 0 bridgehead atoms. The van der Waals surface area contributed by atoms with Crippen LogP contribution in [0.5, 0.6) is 0 Å². The predicted molar refractivity (Wildman–Crippen MR) is 116 cm³/mol. The van der Waals surface area contributed by atoms with Crippen LogP contribution in [-0.2, 0) is 24.0 Å². The van der Waals surface area contributed by atoms with Crippen molar-refractivity contribution < 1.29 is 34.2 Å². The van der Waals surface area contributed by atoms with Crippen LogP contribution in [0.1, 0.15) is 47.5 Å². The van der Waals surface area contributed by atoms with E-state index < -0.39 is 60.4 Å². The van der Waals surface area contributed by atoms with Crippen molar-refractivity contribution in [3.63, 3.8) is 0 Å². The summed E-state index contributed by atoms with van der Waals surface area (Å²) in [5.74, 6) is -3.92. The fraction of sp³-hybridized carbons (Fsp3) is 0.750. The first-order valence-corrected chi connectivity index (χ1v) is 10.6. The summed E-state index contributed by atoms with van der Waals surface area (Å²) in [6.07, 6.45) is 0.491. The van der Waals surface area contributed by atoms with Crippen LogP contribution >= 0.6 is 0 Å². The second kappa shape index (κ2) is 14.4. The first-order valence-electron chi connectivity index (χ1n) is 10.6. The van der Waals surface area contributed by atoms with Gasteiger partial charge in [0.1, 0.15) is 24.2 Å². The number of aliphatic hydroxyl groups is 1. The van der Waals surface area contributed by atoms with Gasteiger partial charge in [-0.25, -0.2) is 4.79 Å². The van der Waals surface area contributed by atoms with Gasteiger partial charge in [-0.15, -0.1) is 0 Å². The Kier molecular flexibility index (Phi) is 13.1. The number of aliphatic carboxylic acids is 1. The van der Waals surface area contributed by atoms with Crippen molar-refractivity contribution in [2.75, 3.05) is 13.2 Å². The number of carboxylic acids is 1. The molecule has 12 heteroatoms. The lowest BCUT2D eigenvalue weighted by atomic mass is 10.0. The third-order valence-electron chi connectivity index (χ3n) is 4.43. The SMILES string of the molecule is CC(C)CC(NC(=O)C(C)NC(=O)C(CO)NC(=O)C(CC(C)C)NC(=O)CN)C(=O)O. The Hall–Kier alpha value is -2.73. The van der Waals surface area contributed by atoms with Crippen LogP contribution in [0, 0.1) is 11.8 Å². The average molecular weight is 460 g/mol. The Morgan fingerprint density at radius 2 is 1.19 bits per heavy atom. The highest BCUT2D eigenvalue weighted by Crippen LogP contribution is 2.06.